The minimum Gasteiger partial charge on any atom is -0.382 e. The summed E-state index contributed by atoms with van der Waals surface area (Å²) in [6.07, 6.45) is 0. The second-order valence-corrected chi connectivity index (χ2v) is 1.55. The van der Waals surface area contributed by atoms with Gasteiger partial charge in [0.1, 0.15) is 11.0 Å². The first-order chi connectivity index (χ1) is 3.29. The van der Waals surface area contributed by atoms with Gasteiger partial charge in [0, 0.05) is 6.07 Å². The molecule has 0 aliphatic rings. The summed E-state index contributed by atoms with van der Waals surface area (Å²) in [5.41, 5.74) is 5.15. The van der Waals surface area contributed by atoms with E-state index < -0.39 is 0 Å². The van der Waals surface area contributed by atoms with Gasteiger partial charge in [-0.05, 0) is 0 Å². The lowest BCUT2D eigenvalue weighted by atomic mass is 10.7. The van der Waals surface area contributed by atoms with Crippen molar-refractivity contribution in [2.45, 2.75) is 0 Å². The highest BCUT2D eigenvalue weighted by atomic mass is 35.5. The quantitative estimate of drug-likeness (QED) is 0.524. The molecule has 1 aromatic rings. The summed E-state index contributed by atoms with van der Waals surface area (Å²) in [6.45, 7) is 0. The number of anilines is 1. The molecule has 0 atom stereocenters. The number of H-pyrrole nitrogens is 1. The van der Waals surface area contributed by atoms with Crippen molar-refractivity contribution in [2.75, 3.05) is 5.73 Å². The van der Waals surface area contributed by atoms with E-state index in [1.807, 2.05) is 0 Å². The average molecular weight is 118 g/mol. The number of hydrogen-bond donors (Lipinski definition) is 2. The molecule has 1 rings (SSSR count). The standard InChI is InChI=1S/C3H4ClN3/c4-2-1-3(5)7-6-2/h1H,(H3,5,6,7). The Bertz CT molecular complexity index is 142. The number of aromatic amines is 1. The summed E-state index contributed by atoms with van der Waals surface area (Å²) in [5, 5.41) is 6.47. The highest BCUT2D eigenvalue weighted by Gasteiger charge is 1.87. The SMILES string of the molecule is Nc1cc(Cl)[nH]n1. The van der Waals surface area contributed by atoms with Crippen LogP contribution < -0.4 is 5.73 Å². The number of nitrogens with two attached hydrogens (primary N) is 1. The highest BCUT2D eigenvalue weighted by Crippen LogP contribution is 2.04. The van der Waals surface area contributed by atoms with E-state index in [9.17, 15) is 0 Å². The Balaban J connectivity index is 3.04. The van der Waals surface area contributed by atoms with Crippen molar-refractivity contribution in [1.29, 1.82) is 0 Å². The van der Waals surface area contributed by atoms with Gasteiger partial charge in [-0.2, -0.15) is 5.10 Å². The third-order valence-corrected chi connectivity index (χ3v) is 0.760. The molecular formula is C3H4ClN3. The number of nitrogens with zero attached hydrogens (tertiary/aromatic N) is 1. The molecule has 0 bridgehead atoms. The van der Waals surface area contributed by atoms with Gasteiger partial charge in [-0.1, -0.05) is 11.6 Å². The van der Waals surface area contributed by atoms with Gasteiger partial charge >= 0.3 is 0 Å². The molecule has 38 valence electrons. The van der Waals surface area contributed by atoms with E-state index in [0.717, 1.165) is 0 Å². The Hall–Kier alpha value is -0.700. The minimum atomic E-state index is 0.421. The highest BCUT2D eigenvalue weighted by molar-refractivity contribution is 6.29. The molecule has 0 fully saturated rings. The predicted molar refractivity (Wildman–Crippen MR) is 28.0 cm³/mol. The maximum atomic E-state index is 5.36. The largest absolute Gasteiger partial charge is 0.382 e. The zero-order chi connectivity index (χ0) is 5.28. The van der Waals surface area contributed by atoms with Gasteiger partial charge in [0.05, 0.1) is 0 Å². The molecule has 0 aliphatic carbocycles. The summed E-state index contributed by atoms with van der Waals surface area (Å²) in [6, 6.07) is 1.54. The van der Waals surface area contributed by atoms with Gasteiger partial charge in [-0.25, -0.2) is 0 Å². The smallest absolute Gasteiger partial charge is 0.146 e. The first kappa shape index (κ1) is 4.46. The van der Waals surface area contributed by atoms with Crippen molar-refractivity contribution >= 4 is 17.4 Å². The minimum absolute atomic E-state index is 0.421. The van der Waals surface area contributed by atoms with Gasteiger partial charge < -0.3 is 5.73 Å². The molecule has 0 aromatic carbocycles. The van der Waals surface area contributed by atoms with E-state index in [2.05, 4.69) is 10.2 Å². The molecule has 3 N–H and O–H groups in total. The monoisotopic (exact) mass is 117 g/mol. The van der Waals surface area contributed by atoms with E-state index >= 15 is 0 Å². The van der Waals surface area contributed by atoms with Crippen molar-refractivity contribution < 1.29 is 0 Å². The van der Waals surface area contributed by atoms with Crippen LogP contribution in [0.15, 0.2) is 6.07 Å². The zero-order valence-electron chi connectivity index (χ0n) is 3.48. The molecule has 0 aliphatic heterocycles. The van der Waals surface area contributed by atoms with Crippen LogP contribution in [0.2, 0.25) is 5.15 Å². The van der Waals surface area contributed by atoms with E-state index in [-0.39, 0.29) is 0 Å². The molecule has 0 radical (unpaired) electrons. The predicted octanol–water partition coefficient (Wildman–Crippen LogP) is 0.645. The molecule has 1 heterocycles. The topological polar surface area (TPSA) is 54.7 Å². The van der Waals surface area contributed by atoms with Crippen LogP contribution in [0.1, 0.15) is 0 Å². The number of halogens is 1. The summed E-state index contributed by atoms with van der Waals surface area (Å²) < 4.78 is 0. The van der Waals surface area contributed by atoms with Crippen molar-refractivity contribution in [3.05, 3.63) is 11.2 Å². The maximum absolute atomic E-state index is 5.36. The van der Waals surface area contributed by atoms with Crippen LogP contribution in [0.5, 0.6) is 0 Å². The van der Waals surface area contributed by atoms with Gasteiger partial charge in [0.25, 0.3) is 0 Å². The Morgan fingerprint density at radius 1 is 1.86 bits per heavy atom. The first-order valence-corrected chi connectivity index (χ1v) is 2.13. The molecule has 0 unspecified atom stereocenters. The van der Waals surface area contributed by atoms with Crippen molar-refractivity contribution in [1.82, 2.24) is 10.2 Å². The van der Waals surface area contributed by atoms with Crippen molar-refractivity contribution in [2.24, 2.45) is 0 Å². The zero-order valence-corrected chi connectivity index (χ0v) is 4.24. The fraction of sp³-hybridized carbons (Fsp3) is 0. The second kappa shape index (κ2) is 1.42. The van der Waals surface area contributed by atoms with Crippen LogP contribution in [-0.2, 0) is 0 Å². The lowest BCUT2D eigenvalue weighted by Gasteiger charge is -1.67. The number of hydrogen-bond acceptors (Lipinski definition) is 2. The average Bonchev–Trinajstić information content (AvgIpc) is 1.87. The van der Waals surface area contributed by atoms with Gasteiger partial charge in [0.2, 0.25) is 0 Å². The van der Waals surface area contributed by atoms with Crippen LogP contribution in [0, 0.1) is 0 Å². The summed E-state index contributed by atoms with van der Waals surface area (Å²) in [7, 11) is 0. The van der Waals surface area contributed by atoms with Crippen LogP contribution in [-0.4, -0.2) is 10.2 Å². The summed E-state index contributed by atoms with van der Waals surface area (Å²) >= 11 is 5.36. The number of nitrogen functional groups attached to an aromatic ring is 1. The van der Waals surface area contributed by atoms with Crippen molar-refractivity contribution in [3.8, 4) is 0 Å². The van der Waals surface area contributed by atoms with Gasteiger partial charge in [-0.3, -0.25) is 5.10 Å². The van der Waals surface area contributed by atoms with E-state index in [0.29, 0.717) is 11.0 Å². The second-order valence-electron chi connectivity index (χ2n) is 1.14. The van der Waals surface area contributed by atoms with Crippen molar-refractivity contribution in [3.63, 3.8) is 0 Å². The van der Waals surface area contributed by atoms with E-state index in [1.54, 1.807) is 6.07 Å². The lowest BCUT2D eigenvalue weighted by Crippen LogP contribution is -1.81. The van der Waals surface area contributed by atoms with Crippen LogP contribution in [0.25, 0.3) is 0 Å². The number of aromatic nitrogens is 2. The number of rotatable bonds is 0. The molecule has 4 heteroatoms. The lowest BCUT2D eigenvalue weighted by molar-refractivity contribution is 1.10. The molecule has 0 saturated carbocycles. The molecule has 0 spiro atoms. The third-order valence-electron chi connectivity index (χ3n) is 0.566. The first-order valence-electron chi connectivity index (χ1n) is 1.75. The fourth-order valence-electron chi connectivity index (χ4n) is 0.312. The van der Waals surface area contributed by atoms with Gasteiger partial charge in [0.15, 0.2) is 0 Å². The van der Waals surface area contributed by atoms with E-state index in [1.165, 1.54) is 0 Å². The van der Waals surface area contributed by atoms with Crippen LogP contribution in [0.3, 0.4) is 0 Å². The Morgan fingerprint density at radius 2 is 2.57 bits per heavy atom. The molecule has 1 aromatic heterocycles. The van der Waals surface area contributed by atoms with Crippen LogP contribution in [0.4, 0.5) is 5.82 Å². The molecule has 3 nitrogen and oxygen atoms in total. The molecule has 0 amide bonds. The Kier molecular flexibility index (Phi) is 0.906. The summed E-state index contributed by atoms with van der Waals surface area (Å²) in [4.78, 5) is 0. The molecule has 0 saturated heterocycles. The number of nitrogens with one attached hydrogen (secondary N) is 1. The molecule has 7 heavy (non-hydrogen) atoms. The normalized spacial score (nSPS) is 9.29. The van der Waals surface area contributed by atoms with E-state index in [4.69, 9.17) is 17.3 Å². The summed E-state index contributed by atoms with van der Waals surface area (Å²) in [5.74, 6) is 0.421. The fourth-order valence-corrected chi connectivity index (χ4v) is 0.466. The molecular weight excluding hydrogens is 114 g/mol. The Labute approximate surface area is 45.5 Å². The van der Waals surface area contributed by atoms with Crippen LogP contribution >= 0.6 is 11.6 Å². The Morgan fingerprint density at radius 3 is 2.71 bits per heavy atom. The van der Waals surface area contributed by atoms with Gasteiger partial charge in [-0.15, -0.1) is 0 Å². The third kappa shape index (κ3) is 0.838. The maximum Gasteiger partial charge on any atom is 0.146 e.